The van der Waals surface area contributed by atoms with E-state index < -0.39 is 5.72 Å². The molecule has 2 heterocycles. The summed E-state index contributed by atoms with van der Waals surface area (Å²) in [5.41, 5.74) is 3.19. The Morgan fingerprint density at radius 1 is 1.19 bits per heavy atom. The summed E-state index contributed by atoms with van der Waals surface area (Å²) in [6.45, 7) is 7.30. The molecule has 0 bridgehead atoms. The molecule has 1 N–H and O–H groups in total. The van der Waals surface area contributed by atoms with Crippen LogP contribution in [0.25, 0.3) is 10.8 Å². The number of unbranched alkanes of at least 4 members (excludes halogenated alkanes) is 1. The summed E-state index contributed by atoms with van der Waals surface area (Å²) in [6.07, 6.45) is 10.8. The Morgan fingerprint density at radius 3 is 2.78 bits per heavy atom. The number of carbonyl (C=O) groups is 1. The first-order valence-electron chi connectivity index (χ1n) is 11.6. The summed E-state index contributed by atoms with van der Waals surface area (Å²) in [4.78, 5) is 19.7. The largest absolute Gasteiger partial charge is 0.459 e. The first-order valence-corrected chi connectivity index (χ1v) is 11.6. The SMILES string of the molecule is CCCCNC(=O)c1ccc2c3c(ccc2c1)OC1(C=N3)N(C)C2=CCCC=C2C1(C)C. The predicted molar refractivity (Wildman–Crippen MR) is 130 cm³/mol. The molecule has 0 saturated carbocycles. The van der Waals surface area contributed by atoms with E-state index in [-0.39, 0.29) is 11.3 Å². The van der Waals surface area contributed by atoms with Gasteiger partial charge in [-0.15, -0.1) is 0 Å². The Hall–Kier alpha value is -3.08. The summed E-state index contributed by atoms with van der Waals surface area (Å²) in [5.74, 6) is 0.746. The van der Waals surface area contributed by atoms with Crippen LogP contribution >= 0.6 is 0 Å². The fourth-order valence-electron chi connectivity index (χ4n) is 5.27. The number of benzene rings is 2. The number of allylic oxidation sites excluding steroid dienone is 3. The van der Waals surface area contributed by atoms with Crippen LogP contribution in [0.15, 0.2) is 58.7 Å². The number of fused-ring (bicyclic) bond motifs is 4. The lowest BCUT2D eigenvalue weighted by Gasteiger charge is -2.44. The van der Waals surface area contributed by atoms with Crippen molar-refractivity contribution < 1.29 is 9.53 Å². The molecule has 2 aromatic rings. The molecule has 2 aromatic carbocycles. The molecule has 1 saturated heterocycles. The Kier molecular flexibility index (Phi) is 4.88. The van der Waals surface area contributed by atoms with Crippen LogP contribution < -0.4 is 10.1 Å². The van der Waals surface area contributed by atoms with E-state index in [2.05, 4.69) is 50.2 Å². The molecule has 5 rings (SSSR count). The minimum absolute atomic E-state index is 0.0322. The minimum atomic E-state index is -0.658. The normalized spacial score (nSPS) is 22.8. The first kappa shape index (κ1) is 20.8. The Labute approximate surface area is 189 Å². The fraction of sp³-hybridized carbons (Fsp3) is 0.407. The van der Waals surface area contributed by atoms with Gasteiger partial charge in [-0.2, -0.15) is 0 Å². The van der Waals surface area contributed by atoms with Crippen molar-refractivity contribution in [1.82, 2.24) is 10.2 Å². The average Bonchev–Trinajstić information content (AvgIpc) is 2.97. The van der Waals surface area contributed by atoms with Crippen LogP contribution in [0.1, 0.15) is 56.8 Å². The van der Waals surface area contributed by atoms with E-state index in [4.69, 9.17) is 9.73 Å². The van der Waals surface area contributed by atoms with Gasteiger partial charge in [-0.25, -0.2) is 0 Å². The summed E-state index contributed by atoms with van der Waals surface area (Å²) < 4.78 is 6.77. The highest BCUT2D eigenvalue weighted by atomic mass is 16.5. The standard InChI is InChI=1S/C27H31N3O2/c1-5-6-15-28-25(31)19-11-13-20-18(16-19)12-14-23-24(20)29-17-27(32-23)26(2,3)21-9-7-8-10-22(21)30(27)4/h9-14,16-17H,5-8,15H2,1-4H3,(H,28,31). The highest BCUT2D eigenvalue weighted by Gasteiger charge is 2.60. The lowest BCUT2D eigenvalue weighted by Crippen LogP contribution is -2.57. The van der Waals surface area contributed by atoms with Gasteiger partial charge in [-0.1, -0.05) is 37.6 Å². The fourth-order valence-corrected chi connectivity index (χ4v) is 5.27. The number of likely N-dealkylation sites (N-methyl/N-ethyl adjacent to an activating group) is 1. The van der Waals surface area contributed by atoms with Gasteiger partial charge in [-0.05, 0) is 62.3 Å². The molecule has 2 aliphatic heterocycles. The quantitative estimate of drug-likeness (QED) is 0.631. The number of hydrogen-bond donors (Lipinski definition) is 1. The molecular weight excluding hydrogens is 398 g/mol. The molecule has 5 heteroatoms. The van der Waals surface area contributed by atoms with E-state index in [1.54, 1.807) is 0 Å². The van der Waals surface area contributed by atoms with Gasteiger partial charge in [0.05, 0.1) is 11.6 Å². The summed E-state index contributed by atoms with van der Waals surface area (Å²) >= 11 is 0. The molecule has 1 atom stereocenters. The van der Waals surface area contributed by atoms with Crippen LogP contribution in [0.4, 0.5) is 5.69 Å². The van der Waals surface area contributed by atoms with Crippen molar-refractivity contribution in [3.63, 3.8) is 0 Å². The van der Waals surface area contributed by atoms with Crippen molar-refractivity contribution in [2.75, 3.05) is 13.6 Å². The number of nitrogens with one attached hydrogen (secondary N) is 1. The lowest BCUT2D eigenvalue weighted by molar-refractivity contribution is -0.0314. The topological polar surface area (TPSA) is 53.9 Å². The van der Waals surface area contributed by atoms with Gasteiger partial charge in [0.25, 0.3) is 5.91 Å². The van der Waals surface area contributed by atoms with E-state index in [0.717, 1.165) is 47.9 Å². The van der Waals surface area contributed by atoms with Crippen molar-refractivity contribution in [1.29, 1.82) is 0 Å². The molecule has 1 fully saturated rings. The van der Waals surface area contributed by atoms with Crippen LogP contribution in [0, 0.1) is 5.41 Å². The molecule has 5 nitrogen and oxygen atoms in total. The van der Waals surface area contributed by atoms with E-state index in [0.29, 0.717) is 12.1 Å². The molecule has 1 unspecified atom stereocenters. The van der Waals surface area contributed by atoms with Crippen molar-refractivity contribution in [2.24, 2.45) is 10.4 Å². The van der Waals surface area contributed by atoms with Crippen molar-refractivity contribution in [3.05, 3.63) is 59.3 Å². The highest BCUT2D eigenvalue weighted by molar-refractivity contribution is 6.03. The smallest absolute Gasteiger partial charge is 0.251 e. The number of carbonyl (C=O) groups excluding carboxylic acids is 1. The molecule has 166 valence electrons. The molecular formula is C27H31N3O2. The molecule has 3 aliphatic rings. The number of amides is 1. The van der Waals surface area contributed by atoms with Crippen LogP contribution in [-0.4, -0.2) is 36.3 Å². The highest BCUT2D eigenvalue weighted by Crippen LogP contribution is 2.56. The van der Waals surface area contributed by atoms with Crippen LogP contribution in [0.5, 0.6) is 5.75 Å². The Morgan fingerprint density at radius 2 is 2.00 bits per heavy atom. The summed E-state index contributed by atoms with van der Waals surface area (Å²) in [6, 6.07) is 9.81. The zero-order chi connectivity index (χ0) is 22.5. The van der Waals surface area contributed by atoms with Gasteiger partial charge >= 0.3 is 0 Å². The van der Waals surface area contributed by atoms with E-state index >= 15 is 0 Å². The maximum atomic E-state index is 12.5. The van der Waals surface area contributed by atoms with Gasteiger partial charge in [0, 0.05) is 30.2 Å². The predicted octanol–water partition coefficient (Wildman–Crippen LogP) is 5.74. The number of aliphatic imine (C=N–C) groups is 1. The lowest BCUT2D eigenvalue weighted by atomic mass is 9.76. The Balaban J connectivity index is 1.51. The third kappa shape index (κ3) is 2.90. The molecule has 1 amide bonds. The number of nitrogens with zero attached hydrogens (tertiary/aromatic N) is 2. The number of likely N-dealkylation sites (tertiary alicyclic amines) is 1. The number of ether oxygens (including phenoxy) is 1. The van der Waals surface area contributed by atoms with Crippen molar-refractivity contribution in [3.8, 4) is 5.75 Å². The van der Waals surface area contributed by atoms with Gasteiger partial charge < -0.3 is 15.0 Å². The first-order chi connectivity index (χ1) is 15.4. The third-order valence-electron chi connectivity index (χ3n) is 7.22. The average molecular weight is 430 g/mol. The summed E-state index contributed by atoms with van der Waals surface area (Å²) in [7, 11) is 2.10. The van der Waals surface area contributed by atoms with E-state index in [9.17, 15) is 4.79 Å². The van der Waals surface area contributed by atoms with Gasteiger partial charge in [-0.3, -0.25) is 9.79 Å². The third-order valence-corrected chi connectivity index (χ3v) is 7.22. The van der Waals surface area contributed by atoms with Crippen molar-refractivity contribution in [2.45, 2.75) is 52.2 Å². The van der Waals surface area contributed by atoms with Gasteiger partial charge in [0.1, 0.15) is 11.4 Å². The monoisotopic (exact) mass is 429 g/mol. The molecule has 0 radical (unpaired) electrons. The number of rotatable bonds is 4. The minimum Gasteiger partial charge on any atom is -0.459 e. The molecule has 1 spiro atoms. The number of hydrogen-bond acceptors (Lipinski definition) is 4. The molecule has 0 aromatic heterocycles. The van der Waals surface area contributed by atoms with Gasteiger partial charge in [0.2, 0.25) is 5.72 Å². The van der Waals surface area contributed by atoms with E-state index in [1.165, 1.54) is 11.3 Å². The zero-order valence-electron chi connectivity index (χ0n) is 19.4. The molecule has 32 heavy (non-hydrogen) atoms. The van der Waals surface area contributed by atoms with Crippen LogP contribution in [0.3, 0.4) is 0 Å². The van der Waals surface area contributed by atoms with Crippen LogP contribution in [-0.2, 0) is 0 Å². The maximum absolute atomic E-state index is 12.5. The second-order valence-electron chi connectivity index (χ2n) is 9.48. The van der Waals surface area contributed by atoms with Crippen LogP contribution in [0.2, 0.25) is 0 Å². The Bertz CT molecular complexity index is 1190. The zero-order valence-corrected chi connectivity index (χ0v) is 19.4. The second-order valence-corrected chi connectivity index (χ2v) is 9.48. The molecule has 1 aliphatic carbocycles. The van der Waals surface area contributed by atoms with Crippen molar-refractivity contribution >= 4 is 28.6 Å². The maximum Gasteiger partial charge on any atom is 0.251 e. The van der Waals surface area contributed by atoms with E-state index in [1.807, 2.05) is 36.5 Å². The second kappa shape index (κ2) is 7.51. The summed E-state index contributed by atoms with van der Waals surface area (Å²) in [5, 5.41) is 4.97. The van der Waals surface area contributed by atoms with Gasteiger partial charge in [0.15, 0.2) is 0 Å².